The van der Waals surface area contributed by atoms with Gasteiger partial charge < -0.3 is 16.4 Å². The predicted molar refractivity (Wildman–Crippen MR) is 100 cm³/mol. The fraction of sp³-hybridized carbons (Fsp3) is 0.105. The summed E-state index contributed by atoms with van der Waals surface area (Å²) in [6.07, 6.45) is 1.89. The highest BCUT2D eigenvalue weighted by molar-refractivity contribution is 6.06. The molecule has 7 heteroatoms. The van der Waals surface area contributed by atoms with Crippen LogP contribution >= 0.6 is 0 Å². The number of rotatable bonds is 4. The van der Waals surface area contributed by atoms with Gasteiger partial charge in [-0.1, -0.05) is 18.7 Å². The molecule has 4 amide bonds. The molecule has 1 heterocycles. The standard InChI is InChI=1S/C19H18N4O3/c1-2-17(24)21-14-5-3-4-13(10-14)18(25)22-15-7-6-12-8-9-23(19(20)26)16(12)11-15/h2-7,10-11H,1,8-9H2,(H2,20,26)(H,21,24)(H,22,25). The summed E-state index contributed by atoms with van der Waals surface area (Å²) in [5.41, 5.74) is 8.54. The van der Waals surface area contributed by atoms with Crippen molar-refractivity contribution in [2.75, 3.05) is 22.1 Å². The third-order valence-electron chi connectivity index (χ3n) is 4.08. The molecule has 0 radical (unpaired) electrons. The van der Waals surface area contributed by atoms with Gasteiger partial charge in [0.25, 0.3) is 5.91 Å². The van der Waals surface area contributed by atoms with Crippen molar-refractivity contribution in [2.45, 2.75) is 6.42 Å². The highest BCUT2D eigenvalue weighted by Crippen LogP contribution is 2.30. The van der Waals surface area contributed by atoms with E-state index in [4.69, 9.17) is 5.73 Å². The quantitative estimate of drug-likeness (QED) is 0.738. The van der Waals surface area contributed by atoms with Crippen molar-refractivity contribution >= 4 is 34.9 Å². The molecule has 0 saturated heterocycles. The number of primary amides is 1. The first-order chi connectivity index (χ1) is 12.5. The minimum atomic E-state index is -0.516. The summed E-state index contributed by atoms with van der Waals surface area (Å²) in [5, 5.41) is 5.40. The predicted octanol–water partition coefficient (Wildman–Crippen LogP) is 2.50. The Balaban J connectivity index is 1.78. The summed E-state index contributed by atoms with van der Waals surface area (Å²) in [5.74, 6) is -0.684. The molecule has 0 unspecified atom stereocenters. The van der Waals surface area contributed by atoms with Gasteiger partial charge in [-0.2, -0.15) is 0 Å². The second-order valence-corrected chi connectivity index (χ2v) is 5.81. The lowest BCUT2D eigenvalue weighted by atomic mass is 10.1. The maximum absolute atomic E-state index is 12.5. The van der Waals surface area contributed by atoms with Crippen molar-refractivity contribution in [3.63, 3.8) is 0 Å². The molecule has 1 aliphatic heterocycles. The molecule has 4 N–H and O–H groups in total. The summed E-state index contributed by atoms with van der Waals surface area (Å²) in [6, 6.07) is 11.4. The number of carbonyl (C=O) groups is 3. The van der Waals surface area contributed by atoms with Crippen molar-refractivity contribution in [1.29, 1.82) is 0 Å². The molecule has 26 heavy (non-hydrogen) atoms. The number of hydrogen-bond acceptors (Lipinski definition) is 3. The van der Waals surface area contributed by atoms with Crippen LogP contribution in [0.2, 0.25) is 0 Å². The lowest BCUT2D eigenvalue weighted by molar-refractivity contribution is -0.111. The fourth-order valence-electron chi connectivity index (χ4n) is 2.82. The van der Waals surface area contributed by atoms with Crippen molar-refractivity contribution in [3.05, 3.63) is 66.2 Å². The molecule has 2 aromatic rings. The van der Waals surface area contributed by atoms with Crippen molar-refractivity contribution in [3.8, 4) is 0 Å². The minimum Gasteiger partial charge on any atom is -0.351 e. The Kier molecular flexibility index (Phi) is 4.70. The van der Waals surface area contributed by atoms with Crippen LogP contribution in [0, 0.1) is 0 Å². The molecule has 1 aliphatic rings. The lowest BCUT2D eigenvalue weighted by Gasteiger charge is -2.15. The molecule has 0 spiro atoms. The second kappa shape index (κ2) is 7.10. The average Bonchev–Trinajstić information content (AvgIpc) is 3.05. The molecular formula is C19H18N4O3. The average molecular weight is 350 g/mol. The molecule has 7 nitrogen and oxygen atoms in total. The Morgan fingerprint density at radius 3 is 2.58 bits per heavy atom. The number of nitrogens with zero attached hydrogens (tertiary/aromatic N) is 1. The Bertz CT molecular complexity index is 907. The second-order valence-electron chi connectivity index (χ2n) is 5.81. The number of carbonyl (C=O) groups excluding carboxylic acids is 3. The number of fused-ring (bicyclic) bond motifs is 1. The largest absolute Gasteiger partial charge is 0.351 e. The van der Waals surface area contributed by atoms with Crippen LogP contribution in [-0.4, -0.2) is 24.4 Å². The molecular weight excluding hydrogens is 332 g/mol. The zero-order valence-electron chi connectivity index (χ0n) is 14.0. The zero-order chi connectivity index (χ0) is 18.7. The molecule has 2 aromatic carbocycles. The van der Waals surface area contributed by atoms with Gasteiger partial charge in [-0.25, -0.2) is 4.79 Å². The van der Waals surface area contributed by atoms with E-state index in [1.165, 1.54) is 4.90 Å². The summed E-state index contributed by atoms with van der Waals surface area (Å²) < 4.78 is 0. The fourth-order valence-corrected chi connectivity index (χ4v) is 2.82. The Morgan fingerprint density at radius 2 is 1.85 bits per heavy atom. The third kappa shape index (κ3) is 3.56. The van der Waals surface area contributed by atoms with Crippen LogP contribution in [0.5, 0.6) is 0 Å². The summed E-state index contributed by atoms with van der Waals surface area (Å²) in [4.78, 5) is 36.8. The van der Waals surface area contributed by atoms with Gasteiger partial charge in [-0.3, -0.25) is 14.5 Å². The first kappa shape index (κ1) is 17.2. The number of nitrogens with two attached hydrogens (primary N) is 1. The van der Waals surface area contributed by atoms with Crippen LogP contribution in [0.3, 0.4) is 0 Å². The van der Waals surface area contributed by atoms with Crippen molar-refractivity contribution in [1.82, 2.24) is 0 Å². The van der Waals surface area contributed by atoms with E-state index in [-0.39, 0.29) is 11.8 Å². The van der Waals surface area contributed by atoms with Crippen LogP contribution in [-0.2, 0) is 11.2 Å². The molecule has 0 fully saturated rings. The van der Waals surface area contributed by atoms with Crippen LogP contribution in [0.15, 0.2) is 55.1 Å². The number of hydrogen-bond donors (Lipinski definition) is 3. The summed E-state index contributed by atoms with van der Waals surface area (Å²) in [6.45, 7) is 3.92. The van der Waals surface area contributed by atoms with Crippen LogP contribution in [0.1, 0.15) is 15.9 Å². The molecule has 132 valence electrons. The first-order valence-corrected chi connectivity index (χ1v) is 8.02. The van der Waals surface area contributed by atoms with E-state index in [1.807, 2.05) is 6.07 Å². The van der Waals surface area contributed by atoms with Crippen molar-refractivity contribution < 1.29 is 14.4 Å². The molecule has 0 atom stereocenters. The van der Waals surface area contributed by atoms with Gasteiger partial charge in [0.05, 0.1) is 5.69 Å². The normalized spacial score (nSPS) is 12.2. The van der Waals surface area contributed by atoms with Crippen LogP contribution in [0.4, 0.5) is 21.9 Å². The SMILES string of the molecule is C=CC(=O)Nc1cccc(C(=O)Nc2ccc3c(c2)N(C(N)=O)CC3)c1. The molecule has 0 saturated carbocycles. The van der Waals surface area contributed by atoms with E-state index in [2.05, 4.69) is 17.2 Å². The number of benzene rings is 2. The molecule has 0 aromatic heterocycles. The number of anilines is 3. The van der Waals surface area contributed by atoms with E-state index in [0.717, 1.165) is 18.1 Å². The number of nitrogens with one attached hydrogen (secondary N) is 2. The number of urea groups is 1. The Hall–Kier alpha value is -3.61. The first-order valence-electron chi connectivity index (χ1n) is 8.02. The third-order valence-corrected chi connectivity index (χ3v) is 4.08. The van der Waals surface area contributed by atoms with Gasteiger partial charge in [0, 0.05) is 23.5 Å². The van der Waals surface area contributed by atoms with E-state index < -0.39 is 6.03 Å². The van der Waals surface area contributed by atoms with Gasteiger partial charge in [0.1, 0.15) is 0 Å². The Morgan fingerprint density at radius 1 is 1.08 bits per heavy atom. The smallest absolute Gasteiger partial charge is 0.319 e. The summed E-state index contributed by atoms with van der Waals surface area (Å²) in [7, 11) is 0. The monoisotopic (exact) mass is 350 g/mol. The summed E-state index contributed by atoms with van der Waals surface area (Å²) >= 11 is 0. The van der Waals surface area contributed by atoms with E-state index >= 15 is 0 Å². The zero-order valence-corrected chi connectivity index (χ0v) is 14.0. The topological polar surface area (TPSA) is 105 Å². The van der Waals surface area contributed by atoms with E-state index in [1.54, 1.807) is 36.4 Å². The maximum atomic E-state index is 12.5. The van der Waals surface area contributed by atoms with E-state index in [0.29, 0.717) is 29.2 Å². The minimum absolute atomic E-state index is 0.330. The van der Waals surface area contributed by atoms with E-state index in [9.17, 15) is 14.4 Å². The maximum Gasteiger partial charge on any atom is 0.319 e. The number of amides is 4. The van der Waals surface area contributed by atoms with Gasteiger partial charge in [-0.05, 0) is 48.4 Å². The Labute approximate surface area is 150 Å². The lowest BCUT2D eigenvalue weighted by Crippen LogP contribution is -2.34. The highest BCUT2D eigenvalue weighted by Gasteiger charge is 2.23. The van der Waals surface area contributed by atoms with Crippen LogP contribution in [0.25, 0.3) is 0 Å². The van der Waals surface area contributed by atoms with Gasteiger partial charge in [0.15, 0.2) is 0 Å². The van der Waals surface area contributed by atoms with Crippen LogP contribution < -0.4 is 21.3 Å². The molecule has 0 bridgehead atoms. The van der Waals surface area contributed by atoms with Crippen molar-refractivity contribution in [2.24, 2.45) is 5.73 Å². The molecule has 0 aliphatic carbocycles. The van der Waals surface area contributed by atoms with Gasteiger partial charge in [0.2, 0.25) is 5.91 Å². The highest BCUT2D eigenvalue weighted by atomic mass is 16.2. The van der Waals surface area contributed by atoms with Gasteiger partial charge >= 0.3 is 6.03 Å². The van der Waals surface area contributed by atoms with Gasteiger partial charge in [-0.15, -0.1) is 0 Å². The molecule has 3 rings (SSSR count).